The van der Waals surface area contributed by atoms with Gasteiger partial charge in [-0.15, -0.1) is 0 Å². The Bertz CT molecular complexity index is 501. The van der Waals surface area contributed by atoms with Gasteiger partial charge in [0.25, 0.3) is 0 Å². The van der Waals surface area contributed by atoms with Crippen molar-refractivity contribution < 1.29 is 23.6 Å². The molecule has 16 heavy (non-hydrogen) atoms. The number of ether oxygens (including phenoxy) is 1. The summed E-state index contributed by atoms with van der Waals surface area (Å²) in [6.07, 6.45) is 1.05. The van der Waals surface area contributed by atoms with Gasteiger partial charge in [-0.25, -0.2) is 9.78 Å². The van der Waals surface area contributed by atoms with E-state index >= 15 is 0 Å². The van der Waals surface area contributed by atoms with Gasteiger partial charge in [0.05, 0.1) is 0 Å². The fraction of sp³-hybridized carbons (Fsp3) is 0.222. The van der Waals surface area contributed by atoms with Gasteiger partial charge in [-0.05, 0) is 0 Å². The molecule has 0 unspecified atom stereocenters. The average molecular weight is 224 g/mol. The maximum Gasteiger partial charge on any atom is 0.358 e. The molecule has 0 atom stereocenters. The Balaban J connectivity index is 2.35. The highest BCUT2D eigenvalue weighted by Crippen LogP contribution is 2.22. The normalized spacial score (nSPS) is 10.6. The van der Waals surface area contributed by atoms with E-state index in [2.05, 4.69) is 10.1 Å². The second kappa shape index (κ2) is 4.15. The summed E-state index contributed by atoms with van der Waals surface area (Å²) in [5.41, 5.74) is 0.0826. The summed E-state index contributed by atoms with van der Waals surface area (Å²) < 4.78 is 14.7. The second-order valence-corrected chi connectivity index (χ2v) is 2.95. The molecule has 2 heterocycles. The number of methoxy groups -OCH3 is 1. The van der Waals surface area contributed by atoms with Gasteiger partial charge in [0, 0.05) is 13.2 Å². The van der Waals surface area contributed by atoms with Gasteiger partial charge < -0.3 is 18.8 Å². The van der Waals surface area contributed by atoms with Crippen LogP contribution in [0.4, 0.5) is 0 Å². The Morgan fingerprint density at radius 1 is 1.62 bits per heavy atom. The van der Waals surface area contributed by atoms with Gasteiger partial charge in [0.15, 0.2) is 29.3 Å². The number of hydrogen-bond donors (Lipinski definition) is 1. The van der Waals surface area contributed by atoms with Crippen LogP contribution >= 0.6 is 0 Å². The van der Waals surface area contributed by atoms with E-state index in [9.17, 15) is 4.79 Å². The third-order valence-corrected chi connectivity index (χ3v) is 1.85. The van der Waals surface area contributed by atoms with Crippen LogP contribution in [0.1, 0.15) is 16.2 Å². The highest BCUT2D eigenvalue weighted by Gasteiger charge is 2.20. The van der Waals surface area contributed by atoms with Crippen molar-refractivity contribution in [2.75, 3.05) is 7.11 Å². The standard InChI is InChI=1S/C9H8N2O5/c1-14-3-5-2-6(11-16-5)8-7(9(12)13)10-4-15-8/h2,4H,3H2,1H3,(H,12,13). The van der Waals surface area contributed by atoms with Crippen LogP contribution in [-0.2, 0) is 11.3 Å². The summed E-state index contributed by atoms with van der Waals surface area (Å²) in [7, 11) is 1.51. The molecule has 0 saturated carbocycles. The van der Waals surface area contributed by atoms with Crippen molar-refractivity contribution in [3.63, 3.8) is 0 Å². The van der Waals surface area contributed by atoms with Crippen molar-refractivity contribution >= 4 is 5.97 Å². The van der Waals surface area contributed by atoms with Crippen LogP contribution in [0.15, 0.2) is 21.4 Å². The van der Waals surface area contributed by atoms with Crippen LogP contribution in [-0.4, -0.2) is 28.3 Å². The SMILES string of the molecule is COCc1cc(-c2ocnc2C(=O)O)no1. The predicted molar refractivity (Wildman–Crippen MR) is 49.7 cm³/mol. The molecule has 2 rings (SSSR count). The third kappa shape index (κ3) is 1.80. The zero-order chi connectivity index (χ0) is 11.5. The van der Waals surface area contributed by atoms with E-state index in [1.54, 1.807) is 0 Å². The third-order valence-electron chi connectivity index (χ3n) is 1.85. The number of carbonyl (C=O) groups is 1. The van der Waals surface area contributed by atoms with E-state index in [0.717, 1.165) is 6.39 Å². The minimum Gasteiger partial charge on any atom is -0.476 e. The van der Waals surface area contributed by atoms with E-state index in [4.69, 9.17) is 18.8 Å². The van der Waals surface area contributed by atoms with E-state index in [0.29, 0.717) is 5.76 Å². The predicted octanol–water partition coefficient (Wildman–Crippen LogP) is 1.17. The Morgan fingerprint density at radius 3 is 3.12 bits per heavy atom. The molecule has 0 aliphatic carbocycles. The quantitative estimate of drug-likeness (QED) is 0.832. The van der Waals surface area contributed by atoms with Gasteiger partial charge in [-0.2, -0.15) is 0 Å². The zero-order valence-electron chi connectivity index (χ0n) is 8.34. The molecule has 0 saturated heterocycles. The highest BCUT2D eigenvalue weighted by molar-refractivity contribution is 5.91. The number of carboxylic acids is 1. The van der Waals surface area contributed by atoms with Crippen molar-refractivity contribution in [1.82, 2.24) is 10.1 Å². The Morgan fingerprint density at radius 2 is 2.44 bits per heavy atom. The molecule has 2 aromatic rings. The summed E-state index contributed by atoms with van der Waals surface area (Å²) in [4.78, 5) is 14.4. The Kier molecular flexibility index (Phi) is 2.69. The lowest BCUT2D eigenvalue weighted by atomic mass is 10.2. The minimum atomic E-state index is -1.18. The molecule has 0 bridgehead atoms. The lowest BCUT2D eigenvalue weighted by Crippen LogP contribution is -1.98. The van der Waals surface area contributed by atoms with Crippen molar-refractivity contribution in [3.05, 3.63) is 23.9 Å². The van der Waals surface area contributed by atoms with Crippen molar-refractivity contribution in [3.8, 4) is 11.5 Å². The Labute approximate surface area is 89.6 Å². The molecular formula is C9H8N2O5. The molecule has 84 valence electrons. The molecule has 0 radical (unpaired) electrons. The van der Waals surface area contributed by atoms with E-state index < -0.39 is 5.97 Å². The molecule has 0 amide bonds. The summed E-state index contributed by atoms with van der Waals surface area (Å²) in [6.45, 7) is 0.254. The van der Waals surface area contributed by atoms with Gasteiger partial charge in [-0.1, -0.05) is 5.16 Å². The number of aromatic nitrogens is 2. The minimum absolute atomic E-state index is 0.0682. The number of aromatic carboxylic acids is 1. The van der Waals surface area contributed by atoms with Gasteiger partial charge in [-0.3, -0.25) is 0 Å². The van der Waals surface area contributed by atoms with Crippen molar-refractivity contribution in [2.45, 2.75) is 6.61 Å². The first-order valence-electron chi connectivity index (χ1n) is 4.34. The van der Waals surface area contributed by atoms with Gasteiger partial charge >= 0.3 is 5.97 Å². The summed E-state index contributed by atoms with van der Waals surface area (Å²) in [6, 6.07) is 1.54. The van der Waals surface area contributed by atoms with Crippen LogP contribution in [0, 0.1) is 0 Å². The van der Waals surface area contributed by atoms with Crippen LogP contribution in [0.25, 0.3) is 11.5 Å². The molecular weight excluding hydrogens is 216 g/mol. The van der Waals surface area contributed by atoms with Crippen LogP contribution in [0.3, 0.4) is 0 Å². The van der Waals surface area contributed by atoms with Crippen molar-refractivity contribution in [2.24, 2.45) is 0 Å². The summed E-state index contributed by atoms with van der Waals surface area (Å²) in [5.74, 6) is -0.635. The zero-order valence-corrected chi connectivity index (χ0v) is 8.34. The van der Waals surface area contributed by atoms with Crippen LogP contribution in [0.2, 0.25) is 0 Å². The van der Waals surface area contributed by atoms with Crippen molar-refractivity contribution in [1.29, 1.82) is 0 Å². The van der Waals surface area contributed by atoms with Gasteiger partial charge in [0.1, 0.15) is 6.61 Å². The first-order valence-corrected chi connectivity index (χ1v) is 4.34. The number of rotatable bonds is 4. The first-order chi connectivity index (χ1) is 7.72. The molecule has 0 spiro atoms. The Hall–Kier alpha value is -2.15. The fourth-order valence-corrected chi connectivity index (χ4v) is 1.21. The number of nitrogens with zero attached hydrogens (tertiary/aromatic N) is 2. The molecule has 1 N–H and O–H groups in total. The van der Waals surface area contributed by atoms with E-state index in [-0.39, 0.29) is 23.8 Å². The maximum atomic E-state index is 10.8. The largest absolute Gasteiger partial charge is 0.476 e. The average Bonchev–Trinajstić information content (AvgIpc) is 2.83. The summed E-state index contributed by atoms with van der Waals surface area (Å²) >= 11 is 0. The molecule has 7 heteroatoms. The second-order valence-electron chi connectivity index (χ2n) is 2.95. The van der Waals surface area contributed by atoms with Crippen LogP contribution < -0.4 is 0 Å². The first kappa shape index (κ1) is 10.4. The van der Waals surface area contributed by atoms with Crippen LogP contribution in [0.5, 0.6) is 0 Å². The smallest absolute Gasteiger partial charge is 0.358 e. The maximum absolute atomic E-state index is 10.8. The highest BCUT2D eigenvalue weighted by atomic mass is 16.5. The molecule has 0 aliphatic rings. The molecule has 0 aromatic carbocycles. The van der Waals surface area contributed by atoms with Gasteiger partial charge in [0.2, 0.25) is 0 Å². The lowest BCUT2D eigenvalue weighted by Gasteiger charge is -1.89. The molecule has 0 fully saturated rings. The molecule has 2 aromatic heterocycles. The monoisotopic (exact) mass is 224 g/mol. The summed E-state index contributed by atoms with van der Waals surface area (Å²) in [5, 5.41) is 12.5. The lowest BCUT2D eigenvalue weighted by molar-refractivity contribution is 0.0691. The van der Waals surface area contributed by atoms with E-state index in [1.807, 2.05) is 0 Å². The number of hydrogen-bond acceptors (Lipinski definition) is 6. The fourth-order valence-electron chi connectivity index (χ4n) is 1.21. The number of carboxylic acid groups (broad SMARTS) is 1. The van der Waals surface area contributed by atoms with E-state index in [1.165, 1.54) is 13.2 Å². The molecule has 7 nitrogen and oxygen atoms in total. The molecule has 0 aliphatic heterocycles. The topological polar surface area (TPSA) is 98.6 Å². The number of oxazole rings is 1.